The highest BCUT2D eigenvalue weighted by atomic mass is 19.3. The summed E-state index contributed by atoms with van der Waals surface area (Å²) in [4.78, 5) is 19.2. The van der Waals surface area contributed by atoms with Crippen molar-refractivity contribution >= 4 is 28.0 Å². The maximum Gasteiger partial charge on any atom is 0.416 e. The molecule has 2 heterocycles. The molecule has 2 aromatic heterocycles. The van der Waals surface area contributed by atoms with Gasteiger partial charge in [-0.15, -0.1) is 0 Å². The Kier molecular flexibility index (Phi) is 4.63. The third kappa shape index (κ3) is 3.25. The van der Waals surface area contributed by atoms with Crippen LogP contribution in [0.2, 0.25) is 0 Å². The Morgan fingerprint density at radius 1 is 1.39 bits per heavy atom. The number of aryl methyl sites for hydroxylation is 1. The van der Waals surface area contributed by atoms with E-state index in [2.05, 4.69) is 9.97 Å². The number of carboxylic acid groups (broad SMARTS) is 1. The van der Waals surface area contributed by atoms with Crippen LogP contribution in [0.25, 0.3) is 21.9 Å². The average molecular weight is 425 g/mol. The molecule has 0 amide bonds. The first kappa shape index (κ1) is 20.3. The summed E-state index contributed by atoms with van der Waals surface area (Å²) in [5.74, 6) is 0.0660. The van der Waals surface area contributed by atoms with Gasteiger partial charge in [0.1, 0.15) is 17.1 Å². The smallest absolute Gasteiger partial charge is 0.416 e. The number of carbonyl (C=O) groups is 1. The fourth-order valence-corrected chi connectivity index (χ4v) is 3.83. The Hall–Kier alpha value is -3.97. The van der Waals surface area contributed by atoms with E-state index in [1.54, 1.807) is 32.0 Å². The number of imidazole rings is 1. The number of halogens is 2. The first-order valence-electron chi connectivity index (χ1n) is 9.16. The number of nitrogens with zero attached hydrogens (tertiary/aromatic N) is 3. The van der Waals surface area contributed by atoms with Crippen molar-refractivity contribution in [2.75, 3.05) is 0 Å². The Balaban J connectivity index is 2.01. The summed E-state index contributed by atoms with van der Waals surface area (Å²) < 4.78 is 32.1. The predicted octanol–water partition coefficient (Wildman–Crippen LogP) is 4.05. The predicted molar refractivity (Wildman–Crippen MR) is 108 cm³/mol. The number of nitrogens with one attached hydrogen (secondary N) is 1. The zero-order chi connectivity index (χ0) is 22.5. The van der Waals surface area contributed by atoms with Gasteiger partial charge in [0, 0.05) is 17.1 Å². The normalized spacial score (nSPS) is 13.5. The monoisotopic (exact) mass is 425 g/mol. The fraction of sp³-hybridized carbons (Fsp3) is 0.190. The molecule has 0 aliphatic carbocycles. The third-order valence-electron chi connectivity index (χ3n) is 5.17. The van der Waals surface area contributed by atoms with Crippen LogP contribution in [0.3, 0.4) is 0 Å². The SMILES string of the molecule is Cc1cc(OC(F)F)c(C(C)(N)c2nc3ccc(C#N)cc3[nH]2)c2ccn(C(=O)O)c12. The van der Waals surface area contributed by atoms with E-state index in [9.17, 15) is 18.7 Å². The molecule has 0 saturated heterocycles. The highest BCUT2D eigenvalue weighted by Gasteiger charge is 2.35. The Morgan fingerprint density at radius 2 is 2.13 bits per heavy atom. The van der Waals surface area contributed by atoms with E-state index in [1.807, 2.05) is 6.07 Å². The van der Waals surface area contributed by atoms with Crippen molar-refractivity contribution in [1.82, 2.24) is 14.5 Å². The molecular formula is C21H17F2N5O3. The molecule has 0 spiro atoms. The van der Waals surface area contributed by atoms with Crippen LogP contribution < -0.4 is 10.5 Å². The molecular weight excluding hydrogens is 408 g/mol. The molecule has 1 unspecified atom stereocenters. The summed E-state index contributed by atoms with van der Waals surface area (Å²) in [5, 5.41) is 19.0. The zero-order valence-electron chi connectivity index (χ0n) is 16.5. The van der Waals surface area contributed by atoms with Crippen molar-refractivity contribution in [2.24, 2.45) is 5.73 Å². The number of hydrogen-bond acceptors (Lipinski definition) is 5. The van der Waals surface area contributed by atoms with Crippen LogP contribution in [-0.4, -0.2) is 32.3 Å². The van der Waals surface area contributed by atoms with Gasteiger partial charge in [0.2, 0.25) is 0 Å². The standard InChI is InChI=1S/C21H17F2N5O3/c1-10-7-15(31-19(22)23)16(12-5-6-28(17(10)12)20(29)30)21(2,25)18-26-13-4-3-11(9-24)8-14(13)27-18/h3-8,19H,25H2,1-2H3,(H,26,27)(H,29,30). The molecule has 8 nitrogen and oxygen atoms in total. The molecule has 158 valence electrons. The first-order chi connectivity index (χ1) is 14.6. The van der Waals surface area contributed by atoms with Crippen molar-refractivity contribution in [3.63, 3.8) is 0 Å². The Bertz CT molecular complexity index is 1380. The molecule has 0 saturated carbocycles. The highest BCUT2D eigenvalue weighted by Crippen LogP contribution is 2.41. The maximum absolute atomic E-state index is 13.2. The van der Waals surface area contributed by atoms with Crippen LogP contribution >= 0.6 is 0 Å². The number of hydrogen-bond donors (Lipinski definition) is 3. The molecule has 4 aromatic rings. The van der Waals surface area contributed by atoms with Gasteiger partial charge in [0.25, 0.3) is 0 Å². The minimum Gasteiger partial charge on any atom is -0.464 e. The van der Waals surface area contributed by atoms with E-state index in [4.69, 9.17) is 15.7 Å². The minimum atomic E-state index is -3.11. The van der Waals surface area contributed by atoms with Crippen molar-refractivity contribution in [3.8, 4) is 11.8 Å². The quantitative estimate of drug-likeness (QED) is 0.452. The summed E-state index contributed by atoms with van der Waals surface area (Å²) in [6, 6.07) is 9.71. The van der Waals surface area contributed by atoms with E-state index >= 15 is 0 Å². The van der Waals surface area contributed by atoms with Crippen molar-refractivity contribution in [3.05, 3.63) is 59.0 Å². The molecule has 0 radical (unpaired) electrons. The second-order valence-corrected chi connectivity index (χ2v) is 7.31. The maximum atomic E-state index is 13.2. The summed E-state index contributed by atoms with van der Waals surface area (Å²) in [6.45, 7) is 0.0561. The van der Waals surface area contributed by atoms with Gasteiger partial charge >= 0.3 is 12.7 Å². The van der Waals surface area contributed by atoms with Crippen LogP contribution in [0.1, 0.15) is 29.4 Å². The second-order valence-electron chi connectivity index (χ2n) is 7.31. The number of rotatable bonds is 4. The van der Waals surface area contributed by atoms with E-state index < -0.39 is 18.2 Å². The van der Waals surface area contributed by atoms with Crippen molar-refractivity contribution in [2.45, 2.75) is 26.0 Å². The summed E-state index contributed by atoms with van der Waals surface area (Å²) >= 11 is 0. The van der Waals surface area contributed by atoms with Crippen LogP contribution in [-0.2, 0) is 5.54 Å². The molecule has 0 aliphatic rings. The molecule has 31 heavy (non-hydrogen) atoms. The first-order valence-corrected chi connectivity index (χ1v) is 9.16. The van der Waals surface area contributed by atoms with Gasteiger partial charge in [-0.2, -0.15) is 14.0 Å². The Labute approximate surface area is 174 Å². The van der Waals surface area contributed by atoms with Crippen LogP contribution in [0.5, 0.6) is 5.75 Å². The summed E-state index contributed by atoms with van der Waals surface area (Å²) in [6.07, 6.45) is 0.0990. The van der Waals surface area contributed by atoms with E-state index in [0.29, 0.717) is 33.1 Å². The summed E-state index contributed by atoms with van der Waals surface area (Å²) in [5.41, 5.74) is 7.57. The van der Waals surface area contributed by atoms with E-state index in [-0.39, 0.29) is 17.1 Å². The molecule has 10 heteroatoms. The molecule has 0 fully saturated rings. The number of aromatic amines is 1. The lowest BCUT2D eigenvalue weighted by atomic mass is 9.87. The van der Waals surface area contributed by atoms with Gasteiger partial charge in [-0.3, -0.25) is 4.57 Å². The average Bonchev–Trinajstić information content (AvgIpc) is 3.31. The fourth-order valence-electron chi connectivity index (χ4n) is 3.83. The number of benzene rings is 2. The number of nitriles is 1. The van der Waals surface area contributed by atoms with Gasteiger partial charge in [-0.25, -0.2) is 9.78 Å². The molecule has 1 atom stereocenters. The lowest BCUT2D eigenvalue weighted by Gasteiger charge is -2.27. The molecule has 2 aromatic carbocycles. The topological polar surface area (TPSA) is 130 Å². The number of fused-ring (bicyclic) bond motifs is 2. The minimum absolute atomic E-state index is 0.160. The molecule has 0 aliphatic heterocycles. The van der Waals surface area contributed by atoms with Gasteiger partial charge < -0.3 is 20.6 Å². The number of nitrogens with two attached hydrogens (primary N) is 1. The molecule has 0 bridgehead atoms. The highest BCUT2D eigenvalue weighted by molar-refractivity contribution is 5.95. The number of alkyl halides is 2. The van der Waals surface area contributed by atoms with E-state index in [1.165, 1.54) is 18.3 Å². The van der Waals surface area contributed by atoms with Gasteiger partial charge in [0.15, 0.2) is 0 Å². The van der Waals surface area contributed by atoms with Crippen LogP contribution in [0.15, 0.2) is 36.5 Å². The van der Waals surface area contributed by atoms with Gasteiger partial charge in [0.05, 0.1) is 28.2 Å². The van der Waals surface area contributed by atoms with Crippen LogP contribution in [0.4, 0.5) is 13.6 Å². The second kappa shape index (κ2) is 7.07. The van der Waals surface area contributed by atoms with Crippen molar-refractivity contribution in [1.29, 1.82) is 5.26 Å². The number of H-pyrrole nitrogens is 1. The third-order valence-corrected chi connectivity index (χ3v) is 5.17. The summed E-state index contributed by atoms with van der Waals surface area (Å²) in [7, 11) is 0. The van der Waals surface area contributed by atoms with Gasteiger partial charge in [-0.05, 0) is 49.7 Å². The van der Waals surface area contributed by atoms with Gasteiger partial charge in [-0.1, -0.05) is 0 Å². The van der Waals surface area contributed by atoms with E-state index in [0.717, 1.165) is 4.57 Å². The lowest BCUT2D eigenvalue weighted by molar-refractivity contribution is -0.0507. The van der Waals surface area contributed by atoms with Crippen LogP contribution in [0, 0.1) is 18.3 Å². The largest absolute Gasteiger partial charge is 0.464 e. The van der Waals surface area contributed by atoms with Crippen molar-refractivity contribution < 1.29 is 23.4 Å². The molecule has 4 rings (SSSR count). The molecule has 4 N–H and O–H groups in total. The number of ether oxygens (including phenoxy) is 1. The lowest BCUT2D eigenvalue weighted by Crippen LogP contribution is -2.36. The Morgan fingerprint density at radius 3 is 2.77 bits per heavy atom. The number of aromatic nitrogens is 3. The zero-order valence-corrected chi connectivity index (χ0v) is 16.5.